The molecule has 0 saturated carbocycles. The number of nitrogens with two attached hydrogens (primary N) is 3. The largest absolute Gasteiger partial charge is 0.492 e. The van der Waals surface area contributed by atoms with E-state index >= 15 is 4.39 Å². The van der Waals surface area contributed by atoms with Gasteiger partial charge in [-0.25, -0.2) is 27.2 Å². The van der Waals surface area contributed by atoms with Crippen LogP contribution >= 0.6 is 0 Å². The molecular formula is C52H69F2N11O6S. The molecule has 17 nitrogen and oxygen atoms in total. The third-order valence-corrected chi connectivity index (χ3v) is 15.0. The number of aryl methyl sites for hydroxylation is 1. The van der Waals surface area contributed by atoms with Gasteiger partial charge in [0.2, 0.25) is 0 Å². The van der Waals surface area contributed by atoms with Gasteiger partial charge in [-0.3, -0.25) is 14.5 Å². The molecule has 3 atom stereocenters. The number of hydrogen-bond donors (Lipinski definition) is 3. The Morgan fingerprint density at radius 2 is 1.64 bits per heavy atom. The second-order valence-electron chi connectivity index (χ2n) is 18.4. The first kappa shape index (κ1) is 53.7. The molecule has 6 N–H and O–H groups in total. The van der Waals surface area contributed by atoms with Crippen LogP contribution in [0.5, 0.6) is 5.75 Å². The molecule has 0 radical (unpaired) electrons. The highest BCUT2D eigenvalue weighted by Crippen LogP contribution is 2.35. The summed E-state index contributed by atoms with van der Waals surface area (Å²) in [5, 5.41) is 4.54. The lowest BCUT2D eigenvalue weighted by molar-refractivity contribution is 0.0157. The summed E-state index contributed by atoms with van der Waals surface area (Å²) in [5.74, 6) is -2.21. The van der Waals surface area contributed by atoms with Crippen LogP contribution in [0.2, 0.25) is 0 Å². The highest BCUT2D eigenvalue weighted by molar-refractivity contribution is 7.90. The van der Waals surface area contributed by atoms with Gasteiger partial charge in [-0.05, 0) is 82.1 Å². The summed E-state index contributed by atoms with van der Waals surface area (Å²) in [6.45, 7) is 10.0. The molecule has 1 amide bonds. The van der Waals surface area contributed by atoms with Gasteiger partial charge < -0.3 is 45.1 Å². The molecule has 0 spiro atoms. The lowest BCUT2D eigenvalue weighted by Crippen LogP contribution is -2.41. The molecule has 7 rings (SSSR count). The molecule has 5 aromatic heterocycles. The van der Waals surface area contributed by atoms with E-state index in [0.29, 0.717) is 98.0 Å². The summed E-state index contributed by atoms with van der Waals surface area (Å²) in [7, 11) is -0.745. The predicted molar refractivity (Wildman–Crippen MR) is 275 cm³/mol. The zero-order valence-corrected chi connectivity index (χ0v) is 43.1. The molecule has 1 aliphatic rings. The van der Waals surface area contributed by atoms with Crippen molar-refractivity contribution in [3.8, 4) is 16.9 Å². The number of amides is 1. The van der Waals surface area contributed by atoms with Crippen LogP contribution in [-0.4, -0.2) is 131 Å². The van der Waals surface area contributed by atoms with Crippen molar-refractivity contribution < 1.29 is 36.2 Å². The SMILES string of the molecule is CC[C@@H](c1ccc2ncc(CCN)n2c1)C(CC(C)F)OCCC(C(C)=NC)=C(N)CS(=O)(=O)Cc1cc(-c2ccc3ncc(CCN)n3c2)c(OCCc2c(C(=O)N3CCOCC3)nn(C)c2C)cc1F. The highest BCUT2D eigenvalue weighted by atomic mass is 32.2. The fourth-order valence-electron chi connectivity index (χ4n) is 9.50. The van der Waals surface area contributed by atoms with E-state index in [9.17, 15) is 17.6 Å². The van der Waals surface area contributed by atoms with Gasteiger partial charge >= 0.3 is 0 Å². The number of pyridine rings is 2. The lowest BCUT2D eigenvalue weighted by Gasteiger charge is -2.28. The lowest BCUT2D eigenvalue weighted by atomic mass is 9.89. The van der Waals surface area contributed by atoms with Crippen molar-refractivity contribution in [1.29, 1.82) is 0 Å². The van der Waals surface area contributed by atoms with E-state index in [2.05, 4.69) is 20.1 Å². The van der Waals surface area contributed by atoms with Crippen molar-refractivity contribution in [2.24, 2.45) is 29.2 Å². The number of hydrogen-bond acceptors (Lipinski definition) is 13. The highest BCUT2D eigenvalue weighted by Gasteiger charge is 2.29. The Labute approximate surface area is 420 Å². The molecule has 72 heavy (non-hydrogen) atoms. The number of rotatable bonds is 24. The maximum Gasteiger partial charge on any atom is 0.274 e. The number of aliphatic imine (C=N–C) groups is 1. The van der Waals surface area contributed by atoms with E-state index in [4.69, 9.17) is 31.4 Å². The Morgan fingerprint density at radius 3 is 2.28 bits per heavy atom. The maximum atomic E-state index is 16.4. The number of morpholine rings is 1. The summed E-state index contributed by atoms with van der Waals surface area (Å²) in [4.78, 5) is 28.6. The third kappa shape index (κ3) is 12.6. The van der Waals surface area contributed by atoms with Crippen molar-refractivity contribution in [1.82, 2.24) is 33.4 Å². The normalized spacial score (nSPS) is 15.3. The molecule has 2 unspecified atom stereocenters. The minimum Gasteiger partial charge on any atom is -0.492 e. The summed E-state index contributed by atoms with van der Waals surface area (Å²) in [5.41, 5.74) is 26.6. The smallest absolute Gasteiger partial charge is 0.274 e. The Balaban J connectivity index is 1.13. The second kappa shape index (κ2) is 24.1. The van der Waals surface area contributed by atoms with Gasteiger partial charge in [0, 0.05) is 140 Å². The van der Waals surface area contributed by atoms with Crippen LogP contribution in [0.1, 0.15) is 90.2 Å². The number of carbonyl (C=O) groups is 1. The molecule has 1 aromatic carbocycles. The minimum atomic E-state index is -4.11. The monoisotopic (exact) mass is 1010 g/mol. The molecule has 0 bridgehead atoms. The number of fused-ring (bicyclic) bond motifs is 2. The van der Waals surface area contributed by atoms with E-state index in [1.54, 1.807) is 36.8 Å². The van der Waals surface area contributed by atoms with Gasteiger partial charge in [0.1, 0.15) is 22.9 Å². The van der Waals surface area contributed by atoms with Crippen LogP contribution in [0.25, 0.3) is 22.4 Å². The number of nitrogens with zero attached hydrogens (tertiary/aromatic N) is 8. The van der Waals surface area contributed by atoms with E-state index in [0.717, 1.165) is 28.3 Å². The zero-order chi connectivity index (χ0) is 51.7. The summed E-state index contributed by atoms with van der Waals surface area (Å²) in [6.07, 6.45) is 8.27. The summed E-state index contributed by atoms with van der Waals surface area (Å²) < 4.78 is 83.4. The van der Waals surface area contributed by atoms with Crippen molar-refractivity contribution >= 4 is 32.8 Å². The quantitative estimate of drug-likeness (QED) is 0.0607. The minimum absolute atomic E-state index is 0.0536. The number of imidazole rings is 2. The fourth-order valence-corrected chi connectivity index (χ4v) is 10.9. The number of alkyl halides is 1. The number of benzene rings is 1. The number of halogens is 2. The molecule has 20 heteroatoms. The van der Waals surface area contributed by atoms with Gasteiger partial charge in [0.15, 0.2) is 15.5 Å². The average molecular weight is 1010 g/mol. The second-order valence-corrected chi connectivity index (χ2v) is 20.5. The van der Waals surface area contributed by atoms with Crippen molar-refractivity contribution in [2.75, 3.05) is 65.4 Å². The molecule has 388 valence electrons. The van der Waals surface area contributed by atoms with Crippen molar-refractivity contribution in [2.45, 2.75) is 90.2 Å². The van der Waals surface area contributed by atoms with Crippen LogP contribution in [-0.2, 0) is 51.4 Å². The standard InChI is InChI=1S/C52H69F2N11O6S/c1-7-41(36-8-10-49-59-27-39(12-16-55)64(49)29-36)47(24-33(2)53)70-20-14-42(34(3)58-5)46(57)32-72(67,68)31-38-25-44(37-9-11-50-60-28-40(13-17-56)65(50)30-37)48(26-45(38)54)71-21-15-43-35(4)62(6)61-51(43)52(66)63-18-22-69-23-19-63/h8-11,25-30,33,41,47H,7,12-24,31-32,55-57H2,1-6H3/t33?,41-,47?/m0/s1. The van der Waals surface area contributed by atoms with Crippen molar-refractivity contribution in [3.63, 3.8) is 0 Å². The van der Waals surface area contributed by atoms with Gasteiger partial charge in [-0.2, -0.15) is 5.10 Å². The first-order valence-electron chi connectivity index (χ1n) is 24.6. The topological polar surface area (TPSA) is 225 Å². The Bertz CT molecular complexity index is 3030. The molecule has 6 aromatic rings. The molecule has 0 aliphatic carbocycles. The van der Waals surface area contributed by atoms with Crippen molar-refractivity contribution in [3.05, 3.63) is 118 Å². The van der Waals surface area contributed by atoms with Gasteiger partial charge in [0.25, 0.3) is 5.91 Å². The molecule has 1 fully saturated rings. The van der Waals surface area contributed by atoms with Gasteiger partial charge in [-0.15, -0.1) is 0 Å². The molecular weight excluding hydrogens is 945 g/mol. The van der Waals surface area contributed by atoms with Crippen LogP contribution < -0.4 is 21.9 Å². The van der Waals surface area contributed by atoms with Crippen LogP contribution in [0.15, 0.2) is 77.4 Å². The maximum absolute atomic E-state index is 16.4. The van der Waals surface area contributed by atoms with Crippen LogP contribution in [0.4, 0.5) is 8.78 Å². The van der Waals surface area contributed by atoms with E-state index < -0.39 is 39.4 Å². The number of aromatic nitrogens is 6. The van der Waals surface area contributed by atoms with E-state index in [1.807, 2.05) is 65.5 Å². The van der Waals surface area contributed by atoms with E-state index in [-0.39, 0.29) is 61.3 Å². The molecule has 1 aliphatic heterocycles. The summed E-state index contributed by atoms with van der Waals surface area (Å²) >= 11 is 0. The fraction of sp³-hybridized carbons (Fsp3) is 0.481. The van der Waals surface area contributed by atoms with E-state index in [1.165, 1.54) is 19.1 Å². The molecule has 6 heterocycles. The zero-order valence-electron chi connectivity index (χ0n) is 42.2. The van der Waals surface area contributed by atoms with Crippen LogP contribution in [0.3, 0.4) is 0 Å². The third-order valence-electron chi connectivity index (χ3n) is 13.5. The number of ether oxygens (including phenoxy) is 3. The first-order chi connectivity index (χ1) is 34.6. The average Bonchev–Trinajstić information content (AvgIpc) is 4.04. The predicted octanol–water partition coefficient (Wildman–Crippen LogP) is 5.86. The Morgan fingerprint density at radius 1 is 0.972 bits per heavy atom. The summed E-state index contributed by atoms with van der Waals surface area (Å²) in [6, 6.07) is 10.3. The first-order valence-corrected chi connectivity index (χ1v) is 26.4. The molecule has 1 saturated heterocycles. The van der Waals surface area contributed by atoms with Crippen LogP contribution in [0, 0.1) is 12.7 Å². The van der Waals surface area contributed by atoms with Gasteiger partial charge in [0.05, 0.1) is 50.2 Å². The number of carbonyl (C=O) groups excluding carboxylic acids is 1. The number of sulfone groups is 1. The Kier molecular flexibility index (Phi) is 18.0. The van der Waals surface area contributed by atoms with Gasteiger partial charge in [-0.1, -0.05) is 13.0 Å². The Hall–Kier alpha value is -6.06.